The van der Waals surface area contributed by atoms with Crippen LogP contribution in [0, 0.1) is 6.92 Å². The second kappa shape index (κ2) is 6.56. The number of piperidine rings is 1. The summed E-state index contributed by atoms with van der Waals surface area (Å²) >= 11 is 1.30. The molecule has 0 radical (unpaired) electrons. The maximum absolute atomic E-state index is 12.9. The highest BCUT2D eigenvalue weighted by atomic mass is 32.1. The Balaban J connectivity index is 1.35. The number of hydrogen-bond donors (Lipinski definition) is 0. The molecule has 1 aliphatic heterocycles. The Bertz CT molecular complexity index is 973. The molecule has 9 heteroatoms. The monoisotopic (exact) mass is 385 g/mol. The van der Waals surface area contributed by atoms with Crippen LogP contribution < -0.4 is 0 Å². The van der Waals surface area contributed by atoms with E-state index in [-0.39, 0.29) is 11.8 Å². The first-order valence-electron chi connectivity index (χ1n) is 9.21. The van der Waals surface area contributed by atoms with Crippen molar-refractivity contribution in [1.82, 2.24) is 24.8 Å². The van der Waals surface area contributed by atoms with Crippen molar-refractivity contribution in [2.75, 3.05) is 13.1 Å². The third-order valence-electron chi connectivity index (χ3n) is 5.19. The average molecular weight is 385 g/mol. The number of likely N-dealkylation sites (tertiary alicyclic amines) is 1. The fourth-order valence-corrected chi connectivity index (χ4v) is 4.30. The normalized spacial score (nSPS) is 20.2. The molecule has 0 N–H and O–H groups in total. The van der Waals surface area contributed by atoms with Crippen LogP contribution in [0.15, 0.2) is 21.2 Å². The lowest BCUT2D eigenvalue weighted by Gasteiger charge is -2.31. The molecule has 1 saturated carbocycles. The minimum absolute atomic E-state index is 0.0735. The van der Waals surface area contributed by atoms with Gasteiger partial charge in [0.05, 0.1) is 11.4 Å². The van der Waals surface area contributed by atoms with Crippen LogP contribution in [0.1, 0.15) is 65.2 Å². The average Bonchev–Trinajstić information content (AvgIpc) is 3.10. The van der Waals surface area contributed by atoms with E-state index in [1.807, 2.05) is 17.9 Å². The van der Waals surface area contributed by atoms with Gasteiger partial charge in [-0.05, 0) is 44.1 Å². The van der Waals surface area contributed by atoms with E-state index in [9.17, 15) is 4.79 Å². The van der Waals surface area contributed by atoms with Crippen LogP contribution in [0.5, 0.6) is 0 Å². The summed E-state index contributed by atoms with van der Waals surface area (Å²) in [5.74, 6) is 2.01. The van der Waals surface area contributed by atoms with Crippen molar-refractivity contribution in [1.29, 1.82) is 0 Å². The Hall–Kier alpha value is -2.55. The van der Waals surface area contributed by atoms with E-state index in [1.54, 1.807) is 6.07 Å². The van der Waals surface area contributed by atoms with E-state index in [4.69, 9.17) is 9.05 Å². The number of hydrogen-bond acceptors (Lipinski definition) is 8. The molecule has 3 aromatic rings. The molecule has 1 saturated heterocycles. The summed E-state index contributed by atoms with van der Waals surface area (Å²) in [4.78, 5) is 15.6. The SMILES string of the molecule is Cc1cc(-c2snnc2[C@H]2CCCN(C(=O)c3cc(C4CC4)on3)C2)on1. The van der Waals surface area contributed by atoms with E-state index in [1.165, 1.54) is 11.5 Å². The third-order valence-corrected chi connectivity index (χ3v) is 5.94. The Labute approximate surface area is 159 Å². The molecule has 0 spiro atoms. The van der Waals surface area contributed by atoms with Crippen molar-refractivity contribution < 1.29 is 13.8 Å². The Morgan fingerprint density at radius 1 is 1.19 bits per heavy atom. The number of amides is 1. The zero-order valence-electron chi connectivity index (χ0n) is 14.9. The molecule has 2 fully saturated rings. The molecular formula is C18H19N5O3S. The number of carbonyl (C=O) groups excluding carboxylic acids is 1. The van der Waals surface area contributed by atoms with Crippen molar-refractivity contribution in [2.24, 2.45) is 0 Å². The summed E-state index contributed by atoms with van der Waals surface area (Å²) in [5.41, 5.74) is 2.11. The van der Waals surface area contributed by atoms with Gasteiger partial charge in [0.25, 0.3) is 5.91 Å². The predicted octanol–water partition coefficient (Wildman–Crippen LogP) is 3.39. The Morgan fingerprint density at radius 2 is 2.07 bits per heavy atom. The van der Waals surface area contributed by atoms with Gasteiger partial charge in [-0.2, -0.15) is 0 Å². The molecule has 0 bridgehead atoms. The van der Waals surface area contributed by atoms with Gasteiger partial charge in [0.1, 0.15) is 10.6 Å². The van der Waals surface area contributed by atoms with Gasteiger partial charge in [0.15, 0.2) is 11.5 Å². The molecule has 2 aliphatic rings. The van der Waals surface area contributed by atoms with E-state index < -0.39 is 0 Å². The summed E-state index contributed by atoms with van der Waals surface area (Å²) in [7, 11) is 0. The topological polar surface area (TPSA) is 98.2 Å². The lowest BCUT2D eigenvalue weighted by atomic mass is 9.93. The Morgan fingerprint density at radius 3 is 2.85 bits per heavy atom. The zero-order valence-corrected chi connectivity index (χ0v) is 15.7. The van der Waals surface area contributed by atoms with Crippen LogP contribution in [0.25, 0.3) is 10.6 Å². The molecule has 4 heterocycles. The van der Waals surface area contributed by atoms with Crippen molar-refractivity contribution in [3.05, 3.63) is 35.0 Å². The summed E-state index contributed by atoms with van der Waals surface area (Å²) in [6.45, 7) is 3.20. The molecule has 1 aliphatic carbocycles. The third kappa shape index (κ3) is 3.16. The molecule has 8 nitrogen and oxygen atoms in total. The van der Waals surface area contributed by atoms with Crippen molar-refractivity contribution in [3.63, 3.8) is 0 Å². The molecule has 140 valence electrons. The summed E-state index contributed by atoms with van der Waals surface area (Å²) in [6.07, 6.45) is 4.11. The van der Waals surface area contributed by atoms with Crippen molar-refractivity contribution in [3.8, 4) is 10.6 Å². The number of aromatic nitrogens is 4. The summed E-state index contributed by atoms with van der Waals surface area (Å²) in [6, 6.07) is 3.69. The van der Waals surface area contributed by atoms with E-state index in [2.05, 4.69) is 19.9 Å². The highest BCUT2D eigenvalue weighted by Gasteiger charge is 2.33. The molecule has 0 unspecified atom stereocenters. The van der Waals surface area contributed by atoms with Gasteiger partial charge in [-0.1, -0.05) is 14.8 Å². The maximum Gasteiger partial charge on any atom is 0.276 e. The number of nitrogens with zero attached hydrogens (tertiary/aromatic N) is 5. The first kappa shape index (κ1) is 16.6. The molecule has 5 rings (SSSR count). The van der Waals surface area contributed by atoms with Crippen LogP contribution in [0.4, 0.5) is 0 Å². The lowest BCUT2D eigenvalue weighted by molar-refractivity contribution is 0.0695. The quantitative estimate of drug-likeness (QED) is 0.679. The van der Waals surface area contributed by atoms with E-state index in [0.717, 1.165) is 54.3 Å². The molecule has 0 aromatic carbocycles. The van der Waals surface area contributed by atoms with Gasteiger partial charge >= 0.3 is 0 Å². The lowest BCUT2D eigenvalue weighted by Crippen LogP contribution is -2.39. The number of rotatable bonds is 4. The largest absolute Gasteiger partial charge is 0.360 e. The van der Waals surface area contributed by atoms with E-state index in [0.29, 0.717) is 23.9 Å². The molecule has 3 aromatic heterocycles. The summed E-state index contributed by atoms with van der Waals surface area (Å²) < 4.78 is 14.8. The van der Waals surface area contributed by atoms with Crippen molar-refractivity contribution in [2.45, 2.75) is 44.4 Å². The fourth-order valence-electron chi connectivity index (χ4n) is 3.60. The number of aryl methyl sites for hydroxylation is 1. The fraction of sp³-hybridized carbons (Fsp3) is 0.500. The van der Waals surface area contributed by atoms with Crippen LogP contribution in [0.3, 0.4) is 0 Å². The van der Waals surface area contributed by atoms with Gasteiger partial charge < -0.3 is 13.9 Å². The second-order valence-electron chi connectivity index (χ2n) is 7.30. The smallest absolute Gasteiger partial charge is 0.276 e. The molecule has 1 atom stereocenters. The molecular weight excluding hydrogens is 366 g/mol. The van der Waals surface area contributed by atoms with Crippen molar-refractivity contribution >= 4 is 17.4 Å². The molecule has 1 amide bonds. The van der Waals surface area contributed by atoms with Crippen LogP contribution in [-0.4, -0.2) is 43.8 Å². The van der Waals surface area contributed by atoms with Gasteiger partial charge in [-0.15, -0.1) is 5.10 Å². The highest BCUT2D eigenvalue weighted by molar-refractivity contribution is 7.09. The minimum atomic E-state index is -0.0735. The Kier molecular flexibility index (Phi) is 4.04. The predicted molar refractivity (Wildman–Crippen MR) is 96.5 cm³/mol. The molecule has 27 heavy (non-hydrogen) atoms. The first-order valence-corrected chi connectivity index (χ1v) is 9.98. The minimum Gasteiger partial charge on any atom is -0.360 e. The highest BCUT2D eigenvalue weighted by Crippen LogP contribution is 2.40. The van der Waals surface area contributed by atoms with E-state index >= 15 is 0 Å². The van der Waals surface area contributed by atoms with Crippen LogP contribution in [-0.2, 0) is 0 Å². The van der Waals surface area contributed by atoms with Gasteiger partial charge in [0.2, 0.25) is 0 Å². The second-order valence-corrected chi connectivity index (χ2v) is 8.05. The van der Waals surface area contributed by atoms with Gasteiger partial charge in [-0.3, -0.25) is 4.79 Å². The van der Waals surface area contributed by atoms with Gasteiger partial charge in [-0.25, -0.2) is 0 Å². The van der Waals surface area contributed by atoms with Gasteiger partial charge in [0, 0.05) is 37.1 Å². The maximum atomic E-state index is 12.9. The van der Waals surface area contributed by atoms with Crippen LogP contribution in [0.2, 0.25) is 0 Å². The number of carbonyl (C=O) groups is 1. The zero-order chi connectivity index (χ0) is 18.4. The first-order chi connectivity index (χ1) is 13.2. The van der Waals surface area contributed by atoms with Crippen LogP contribution >= 0.6 is 11.5 Å². The standard InChI is InChI=1S/C18H19N5O3S/c1-10-7-15(26-20-10)17-16(19-22-27-17)12-3-2-6-23(9-12)18(24)13-8-14(25-21-13)11-4-5-11/h7-8,11-12H,2-6,9H2,1H3/t12-/m0/s1. The summed E-state index contributed by atoms with van der Waals surface area (Å²) in [5, 5.41) is 12.3.